The molecule has 0 saturated carbocycles. The van der Waals surface area contributed by atoms with Gasteiger partial charge in [0.15, 0.2) is 0 Å². The minimum atomic E-state index is -0.340. The van der Waals surface area contributed by atoms with Crippen molar-refractivity contribution in [2.24, 2.45) is 5.10 Å². The van der Waals surface area contributed by atoms with E-state index < -0.39 is 0 Å². The summed E-state index contributed by atoms with van der Waals surface area (Å²) >= 11 is 3.34. The van der Waals surface area contributed by atoms with Gasteiger partial charge in [-0.15, -0.1) is 0 Å². The van der Waals surface area contributed by atoms with Gasteiger partial charge in [-0.2, -0.15) is 5.10 Å². The quantitative estimate of drug-likeness (QED) is 0.573. The molecule has 0 unspecified atom stereocenters. The lowest BCUT2D eigenvalue weighted by molar-refractivity contribution is 0.0952. The van der Waals surface area contributed by atoms with Crippen LogP contribution >= 0.6 is 15.9 Å². The van der Waals surface area contributed by atoms with Crippen LogP contribution in [0.5, 0.6) is 11.5 Å². The van der Waals surface area contributed by atoms with Crippen molar-refractivity contribution in [3.05, 3.63) is 58.1 Å². The van der Waals surface area contributed by atoms with Crippen molar-refractivity contribution in [1.82, 2.24) is 5.43 Å². The molecule has 0 bridgehead atoms. The van der Waals surface area contributed by atoms with E-state index in [-0.39, 0.29) is 5.91 Å². The van der Waals surface area contributed by atoms with Crippen LogP contribution < -0.4 is 14.9 Å². The highest BCUT2D eigenvalue weighted by atomic mass is 79.9. The maximum atomic E-state index is 12.2. The molecule has 24 heavy (non-hydrogen) atoms. The predicted molar refractivity (Wildman–Crippen MR) is 98.0 cm³/mol. The zero-order valence-electron chi connectivity index (χ0n) is 13.6. The third-order valence-electron chi connectivity index (χ3n) is 3.14. The van der Waals surface area contributed by atoms with E-state index in [1.807, 2.05) is 24.3 Å². The molecule has 6 heteroatoms. The van der Waals surface area contributed by atoms with Crippen molar-refractivity contribution in [3.63, 3.8) is 0 Å². The summed E-state index contributed by atoms with van der Waals surface area (Å²) in [6.45, 7) is 2.75. The van der Waals surface area contributed by atoms with Gasteiger partial charge < -0.3 is 9.47 Å². The number of amides is 1. The van der Waals surface area contributed by atoms with Crippen LogP contribution in [0.4, 0.5) is 0 Å². The number of halogens is 1. The summed E-state index contributed by atoms with van der Waals surface area (Å²) in [6, 6.07) is 12.7. The van der Waals surface area contributed by atoms with Crippen molar-refractivity contribution >= 4 is 28.1 Å². The molecule has 0 aromatic heterocycles. The lowest BCUT2D eigenvalue weighted by atomic mass is 10.2. The molecule has 0 heterocycles. The molecule has 0 aliphatic rings. The fraction of sp³-hybridized carbons (Fsp3) is 0.222. The molecule has 2 rings (SSSR count). The first-order valence-electron chi connectivity index (χ1n) is 7.54. The molecule has 1 amide bonds. The lowest BCUT2D eigenvalue weighted by Crippen LogP contribution is -2.18. The second-order valence-electron chi connectivity index (χ2n) is 4.96. The first-order chi connectivity index (χ1) is 11.6. The number of hydrazone groups is 1. The molecule has 0 aliphatic heterocycles. The number of hydrogen-bond acceptors (Lipinski definition) is 4. The van der Waals surface area contributed by atoms with Gasteiger partial charge in [-0.3, -0.25) is 4.79 Å². The number of carbonyl (C=O) groups excluding carboxylic acids is 1. The van der Waals surface area contributed by atoms with Gasteiger partial charge in [0.1, 0.15) is 11.5 Å². The van der Waals surface area contributed by atoms with E-state index in [0.717, 1.165) is 22.2 Å². The number of rotatable bonds is 7. The zero-order valence-corrected chi connectivity index (χ0v) is 15.2. The van der Waals surface area contributed by atoms with Crippen LogP contribution in [0.15, 0.2) is 52.0 Å². The van der Waals surface area contributed by atoms with Gasteiger partial charge in [0.2, 0.25) is 0 Å². The second-order valence-corrected chi connectivity index (χ2v) is 5.88. The van der Waals surface area contributed by atoms with Gasteiger partial charge in [0, 0.05) is 4.47 Å². The fourth-order valence-electron chi connectivity index (χ4n) is 1.95. The number of ether oxygens (including phenoxy) is 2. The van der Waals surface area contributed by atoms with Gasteiger partial charge in [-0.05, 0) is 54.4 Å². The number of hydrogen-bond donors (Lipinski definition) is 1. The molecule has 0 aliphatic carbocycles. The van der Waals surface area contributed by atoms with E-state index in [2.05, 4.69) is 33.4 Å². The zero-order chi connectivity index (χ0) is 17.4. The van der Waals surface area contributed by atoms with Crippen molar-refractivity contribution in [1.29, 1.82) is 0 Å². The van der Waals surface area contributed by atoms with Gasteiger partial charge in [0.05, 0.1) is 25.5 Å². The van der Waals surface area contributed by atoms with Crippen molar-refractivity contribution in [2.75, 3.05) is 13.7 Å². The average Bonchev–Trinajstić information content (AvgIpc) is 2.61. The Balaban J connectivity index is 1.98. The number of carbonyl (C=O) groups is 1. The third-order valence-corrected chi connectivity index (χ3v) is 3.63. The normalized spacial score (nSPS) is 10.6. The fourth-order valence-corrected chi connectivity index (χ4v) is 2.31. The largest absolute Gasteiger partial charge is 0.496 e. The van der Waals surface area contributed by atoms with Gasteiger partial charge in [-0.25, -0.2) is 5.43 Å². The summed E-state index contributed by atoms with van der Waals surface area (Å²) in [5.74, 6) is 0.965. The highest BCUT2D eigenvalue weighted by Gasteiger charge is 2.11. The number of nitrogens with one attached hydrogen (secondary N) is 1. The predicted octanol–water partition coefficient (Wildman–Crippen LogP) is 4.01. The number of methoxy groups -OCH3 is 1. The molecule has 0 spiro atoms. The first kappa shape index (κ1) is 18.0. The van der Waals surface area contributed by atoms with Crippen molar-refractivity contribution in [2.45, 2.75) is 13.3 Å². The Hall–Kier alpha value is -2.34. The Morgan fingerprint density at radius 3 is 2.67 bits per heavy atom. The SMILES string of the molecule is CCCOc1ccc(/C=N\NC(=O)c2cc(Br)ccc2OC)cc1. The summed E-state index contributed by atoms with van der Waals surface area (Å²) in [5.41, 5.74) is 3.77. The van der Waals surface area contributed by atoms with Crippen LogP contribution in [0.1, 0.15) is 29.3 Å². The first-order valence-corrected chi connectivity index (χ1v) is 8.33. The molecule has 0 atom stereocenters. The standard InChI is InChI=1S/C18H19BrN2O3/c1-3-10-24-15-7-4-13(5-8-15)12-20-21-18(22)16-11-14(19)6-9-17(16)23-2/h4-9,11-12H,3,10H2,1-2H3,(H,21,22)/b20-12-. The van der Waals surface area contributed by atoms with E-state index in [0.29, 0.717) is 17.9 Å². The summed E-state index contributed by atoms with van der Waals surface area (Å²) in [7, 11) is 1.52. The van der Waals surface area contributed by atoms with Gasteiger partial charge >= 0.3 is 0 Å². The molecule has 1 N–H and O–H groups in total. The smallest absolute Gasteiger partial charge is 0.275 e. The number of benzene rings is 2. The Bertz CT molecular complexity index is 715. The van der Waals surface area contributed by atoms with E-state index >= 15 is 0 Å². The van der Waals surface area contributed by atoms with Crippen LogP contribution in [-0.2, 0) is 0 Å². The van der Waals surface area contributed by atoms with Crippen LogP contribution in [-0.4, -0.2) is 25.8 Å². The van der Waals surface area contributed by atoms with E-state index in [1.54, 1.807) is 24.4 Å². The van der Waals surface area contributed by atoms with E-state index in [4.69, 9.17) is 9.47 Å². The third kappa shape index (κ3) is 5.09. The average molecular weight is 391 g/mol. The van der Waals surface area contributed by atoms with Gasteiger partial charge in [-0.1, -0.05) is 22.9 Å². The molecule has 2 aromatic rings. The minimum absolute atomic E-state index is 0.340. The lowest BCUT2D eigenvalue weighted by Gasteiger charge is -2.07. The monoisotopic (exact) mass is 390 g/mol. The Kier molecular flexibility index (Phi) is 6.81. The molecule has 0 fully saturated rings. The summed E-state index contributed by atoms with van der Waals surface area (Å²) in [4.78, 5) is 12.2. The maximum Gasteiger partial charge on any atom is 0.275 e. The van der Waals surface area contributed by atoms with Crippen molar-refractivity contribution < 1.29 is 14.3 Å². The topological polar surface area (TPSA) is 59.9 Å². The van der Waals surface area contributed by atoms with Crippen LogP contribution in [0.3, 0.4) is 0 Å². The Morgan fingerprint density at radius 2 is 2.00 bits per heavy atom. The summed E-state index contributed by atoms with van der Waals surface area (Å²) in [5, 5.41) is 3.98. The highest BCUT2D eigenvalue weighted by molar-refractivity contribution is 9.10. The Morgan fingerprint density at radius 1 is 1.25 bits per heavy atom. The van der Waals surface area contributed by atoms with E-state index in [9.17, 15) is 4.79 Å². The van der Waals surface area contributed by atoms with Crippen molar-refractivity contribution in [3.8, 4) is 11.5 Å². The second kappa shape index (κ2) is 9.08. The molecular formula is C18H19BrN2O3. The molecule has 0 radical (unpaired) electrons. The van der Waals surface area contributed by atoms with Gasteiger partial charge in [0.25, 0.3) is 5.91 Å². The highest BCUT2D eigenvalue weighted by Crippen LogP contribution is 2.22. The molecule has 0 saturated heterocycles. The number of nitrogens with zero attached hydrogens (tertiary/aromatic N) is 1. The van der Waals surface area contributed by atoms with Crippen LogP contribution in [0.25, 0.3) is 0 Å². The summed E-state index contributed by atoms with van der Waals surface area (Å²) < 4.78 is 11.5. The molecular weight excluding hydrogens is 372 g/mol. The molecule has 126 valence electrons. The Labute approximate surface area is 149 Å². The van der Waals surface area contributed by atoms with Crippen LogP contribution in [0.2, 0.25) is 0 Å². The van der Waals surface area contributed by atoms with Crippen LogP contribution in [0, 0.1) is 0 Å². The maximum absolute atomic E-state index is 12.2. The molecule has 2 aromatic carbocycles. The molecule has 5 nitrogen and oxygen atoms in total. The minimum Gasteiger partial charge on any atom is -0.496 e. The summed E-state index contributed by atoms with van der Waals surface area (Å²) in [6.07, 6.45) is 2.54. The van der Waals surface area contributed by atoms with E-state index in [1.165, 1.54) is 7.11 Å².